The highest BCUT2D eigenvalue weighted by Gasteiger charge is 2.61. The lowest BCUT2D eigenvalue weighted by Gasteiger charge is -2.60. The fourth-order valence-electron chi connectivity index (χ4n) is 7.35. The van der Waals surface area contributed by atoms with Gasteiger partial charge in [0, 0.05) is 18.2 Å². The van der Waals surface area contributed by atoms with Gasteiger partial charge < -0.3 is 5.11 Å². The van der Waals surface area contributed by atoms with Crippen molar-refractivity contribution in [2.75, 3.05) is 5.33 Å². The second kappa shape index (κ2) is 5.56. The predicted molar refractivity (Wildman–Crippen MR) is 95.4 cm³/mol. The number of fused-ring (bicyclic) bond motifs is 5. The normalized spacial score (nSPS) is 55.9. The van der Waals surface area contributed by atoms with Crippen molar-refractivity contribution < 1.29 is 9.90 Å². The summed E-state index contributed by atoms with van der Waals surface area (Å²) in [6.45, 7) is 4.86. The van der Waals surface area contributed by atoms with Crippen LogP contribution in [-0.4, -0.2) is 22.3 Å². The van der Waals surface area contributed by atoms with Gasteiger partial charge in [0.25, 0.3) is 0 Å². The number of ketones is 1. The molecule has 4 saturated carbocycles. The monoisotopic (exact) mass is 382 g/mol. The first kappa shape index (κ1) is 16.6. The standard InChI is InChI=1S/C20H31BrO2/c1-19-7-5-14(22)10-13(19)3-4-15-16(19)6-8-20(2)17(15)9-12(11-21)18(20)23/h12-13,15-18,23H,3-11H2,1-2H3/t12-,13-,15?,16?,17?,18-,19-,20-/m0/s1. The average Bonchev–Trinajstić information content (AvgIpc) is 2.79. The Morgan fingerprint density at radius 3 is 2.65 bits per heavy atom. The van der Waals surface area contributed by atoms with Crippen LogP contribution in [0, 0.1) is 40.4 Å². The smallest absolute Gasteiger partial charge is 0.133 e. The molecule has 4 rings (SSSR count). The average molecular weight is 383 g/mol. The Hall–Kier alpha value is 0.110. The van der Waals surface area contributed by atoms with Crippen molar-refractivity contribution in [2.45, 2.75) is 71.3 Å². The van der Waals surface area contributed by atoms with E-state index in [2.05, 4.69) is 29.8 Å². The molecule has 0 aromatic heterocycles. The molecular weight excluding hydrogens is 352 g/mol. The summed E-state index contributed by atoms with van der Waals surface area (Å²) in [6.07, 6.45) is 8.82. The fraction of sp³-hybridized carbons (Fsp3) is 0.950. The Labute approximate surface area is 148 Å². The van der Waals surface area contributed by atoms with E-state index in [1.807, 2.05) is 0 Å². The van der Waals surface area contributed by atoms with E-state index in [4.69, 9.17) is 0 Å². The first-order chi connectivity index (χ1) is 10.9. The number of carbonyl (C=O) groups is 1. The van der Waals surface area contributed by atoms with Crippen LogP contribution in [0.4, 0.5) is 0 Å². The van der Waals surface area contributed by atoms with Gasteiger partial charge in [0.1, 0.15) is 5.78 Å². The molecule has 0 heterocycles. The summed E-state index contributed by atoms with van der Waals surface area (Å²) in [5.41, 5.74) is 0.517. The number of aliphatic hydroxyl groups is 1. The molecule has 1 N–H and O–H groups in total. The molecule has 2 nitrogen and oxygen atoms in total. The summed E-state index contributed by atoms with van der Waals surface area (Å²) < 4.78 is 0. The third-order valence-corrected chi connectivity index (χ3v) is 9.63. The highest BCUT2D eigenvalue weighted by atomic mass is 79.9. The molecule has 0 radical (unpaired) electrons. The van der Waals surface area contributed by atoms with E-state index in [1.54, 1.807) is 0 Å². The van der Waals surface area contributed by atoms with Gasteiger partial charge >= 0.3 is 0 Å². The van der Waals surface area contributed by atoms with Gasteiger partial charge in [0.15, 0.2) is 0 Å². The molecule has 0 spiro atoms. The number of hydrogen-bond donors (Lipinski definition) is 1. The number of aliphatic hydroxyl groups excluding tert-OH is 1. The van der Waals surface area contributed by atoms with Gasteiger partial charge in [-0.3, -0.25) is 4.79 Å². The number of Topliss-reactive ketones (excluding diaryl/α,β-unsaturated/α-hetero) is 1. The second-order valence-electron chi connectivity index (χ2n) is 9.54. The van der Waals surface area contributed by atoms with Crippen LogP contribution in [0.5, 0.6) is 0 Å². The molecular formula is C20H31BrO2. The summed E-state index contributed by atoms with van der Waals surface area (Å²) in [5.74, 6) is 3.82. The van der Waals surface area contributed by atoms with Gasteiger partial charge in [-0.15, -0.1) is 0 Å². The van der Waals surface area contributed by atoms with Crippen molar-refractivity contribution >= 4 is 21.7 Å². The SMILES string of the molecule is C[C@]12CCC3C(CC[C@H]4CC(=O)CC[C@]34C)C1C[C@@H](CBr)[C@@H]2O. The van der Waals surface area contributed by atoms with Crippen LogP contribution in [0.3, 0.4) is 0 Å². The maximum Gasteiger partial charge on any atom is 0.133 e. The first-order valence-electron chi connectivity index (χ1n) is 9.66. The zero-order valence-electron chi connectivity index (χ0n) is 14.6. The molecule has 130 valence electrons. The first-order valence-corrected chi connectivity index (χ1v) is 10.8. The minimum absolute atomic E-state index is 0.132. The van der Waals surface area contributed by atoms with Gasteiger partial charge in [-0.1, -0.05) is 29.8 Å². The second-order valence-corrected chi connectivity index (χ2v) is 10.2. The molecule has 0 saturated heterocycles. The molecule has 23 heavy (non-hydrogen) atoms. The molecule has 3 unspecified atom stereocenters. The molecule has 3 heteroatoms. The molecule has 0 aromatic rings. The molecule has 8 atom stereocenters. The highest BCUT2D eigenvalue weighted by Crippen LogP contribution is 2.66. The third kappa shape index (κ3) is 2.25. The van der Waals surface area contributed by atoms with E-state index in [1.165, 1.54) is 32.1 Å². The zero-order valence-corrected chi connectivity index (χ0v) is 16.1. The van der Waals surface area contributed by atoms with Crippen molar-refractivity contribution in [3.63, 3.8) is 0 Å². The third-order valence-electron chi connectivity index (χ3n) is 8.80. The van der Waals surface area contributed by atoms with E-state index < -0.39 is 0 Å². The van der Waals surface area contributed by atoms with E-state index >= 15 is 0 Å². The molecule has 0 bridgehead atoms. The van der Waals surface area contributed by atoms with Crippen molar-refractivity contribution in [3.05, 3.63) is 0 Å². The lowest BCUT2D eigenvalue weighted by atomic mass is 9.45. The number of alkyl halides is 1. The minimum atomic E-state index is -0.133. The molecule has 0 aliphatic heterocycles. The molecule has 4 fully saturated rings. The molecule has 4 aliphatic rings. The number of carbonyl (C=O) groups excluding carboxylic acids is 1. The maximum atomic E-state index is 11.9. The van der Waals surface area contributed by atoms with Crippen molar-refractivity contribution in [2.24, 2.45) is 40.4 Å². The van der Waals surface area contributed by atoms with Crippen LogP contribution in [-0.2, 0) is 4.79 Å². The maximum absolute atomic E-state index is 11.9. The van der Waals surface area contributed by atoms with E-state index in [9.17, 15) is 9.90 Å². The van der Waals surface area contributed by atoms with Gasteiger partial charge in [-0.05, 0) is 78.9 Å². The van der Waals surface area contributed by atoms with Crippen molar-refractivity contribution in [1.82, 2.24) is 0 Å². The van der Waals surface area contributed by atoms with Gasteiger partial charge in [0.05, 0.1) is 6.10 Å². The van der Waals surface area contributed by atoms with E-state index in [0.717, 1.165) is 36.4 Å². The minimum Gasteiger partial charge on any atom is -0.392 e. The van der Waals surface area contributed by atoms with Crippen molar-refractivity contribution in [1.29, 1.82) is 0 Å². The van der Waals surface area contributed by atoms with Gasteiger partial charge in [-0.2, -0.15) is 0 Å². The zero-order chi connectivity index (χ0) is 16.4. The Morgan fingerprint density at radius 1 is 1.13 bits per heavy atom. The van der Waals surface area contributed by atoms with E-state index in [0.29, 0.717) is 29.0 Å². The Bertz CT molecular complexity index is 506. The highest BCUT2D eigenvalue weighted by molar-refractivity contribution is 9.09. The van der Waals surface area contributed by atoms with Crippen LogP contribution in [0.2, 0.25) is 0 Å². The van der Waals surface area contributed by atoms with Crippen LogP contribution in [0.1, 0.15) is 65.2 Å². The van der Waals surface area contributed by atoms with Crippen LogP contribution in [0.15, 0.2) is 0 Å². The summed E-state index contributed by atoms with van der Waals surface area (Å²) in [6, 6.07) is 0. The molecule has 4 aliphatic carbocycles. The lowest BCUT2D eigenvalue weighted by Crippen LogP contribution is -2.54. The Kier molecular flexibility index (Phi) is 4.00. The number of rotatable bonds is 1. The Morgan fingerprint density at radius 2 is 1.91 bits per heavy atom. The van der Waals surface area contributed by atoms with E-state index in [-0.39, 0.29) is 11.5 Å². The summed E-state index contributed by atoms with van der Waals surface area (Å²) in [5, 5.41) is 11.8. The van der Waals surface area contributed by atoms with Gasteiger partial charge in [0.2, 0.25) is 0 Å². The van der Waals surface area contributed by atoms with Crippen LogP contribution < -0.4 is 0 Å². The molecule has 0 aromatic carbocycles. The summed E-state index contributed by atoms with van der Waals surface area (Å²) in [7, 11) is 0. The Balaban J connectivity index is 1.63. The fourth-order valence-corrected chi connectivity index (χ4v) is 7.96. The number of hydrogen-bond acceptors (Lipinski definition) is 2. The summed E-state index contributed by atoms with van der Waals surface area (Å²) >= 11 is 3.64. The number of halogens is 1. The summed E-state index contributed by atoms with van der Waals surface area (Å²) in [4.78, 5) is 11.9. The van der Waals surface area contributed by atoms with Crippen LogP contribution in [0.25, 0.3) is 0 Å². The largest absolute Gasteiger partial charge is 0.392 e. The topological polar surface area (TPSA) is 37.3 Å². The lowest BCUT2D eigenvalue weighted by molar-refractivity contribution is -0.142. The van der Waals surface area contributed by atoms with Gasteiger partial charge in [-0.25, -0.2) is 0 Å². The van der Waals surface area contributed by atoms with Crippen LogP contribution >= 0.6 is 15.9 Å². The quantitative estimate of drug-likeness (QED) is 0.673. The predicted octanol–water partition coefficient (Wildman–Crippen LogP) is 4.58. The molecule has 0 amide bonds. The van der Waals surface area contributed by atoms with Crippen molar-refractivity contribution in [3.8, 4) is 0 Å².